The number of H-pyrrole nitrogens is 1. The number of nitrogens with one attached hydrogen (secondary N) is 2. The number of nitrogens with zero attached hydrogens (tertiary/aromatic N) is 4. The van der Waals surface area contributed by atoms with Crippen molar-refractivity contribution in [3.05, 3.63) is 67.0 Å². The summed E-state index contributed by atoms with van der Waals surface area (Å²) in [5.41, 5.74) is 1.53. The molecule has 12 heteroatoms. The lowest BCUT2D eigenvalue weighted by molar-refractivity contribution is -0.159. The fraction of sp³-hybridized carbons (Fsp3) is 0.280. The van der Waals surface area contributed by atoms with Crippen LogP contribution >= 0.6 is 0 Å². The van der Waals surface area contributed by atoms with Gasteiger partial charge in [-0.1, -0.05) is 18.2 Å². The van der Waals surface area contributed by atoms with Gasteiger partial charge >= 0.3 is 12.1 Å². The van der Waals surface area contributed by atoms with E-state index in [-0.39, 0.29) is 24.4 Å². The molecule has 1 aromatic carbocycles. The van der Waals surface area contributed by atoms with E-state index in [0.717, 1.165) is 6.08 Å². The van der Waals surface area contributed by atoms with E-state index < -0.39 is 29.9 Å². The van der Waals surface area contributed by atoms with Crippen LogP contribution in [0.3, 0.4) is 0 Å². The molecule has 1 saturated heterocycles. The highest BCUT2D eigenvalue weighted by Gasteiger charge is 2.36. The molecule has 2 unspecified atom stereocenters. The predicted octanol–water partition coefficient (Wildman–Crippen LogP) is 4.30. The molecule has 0 saturated carbocycles. The Kier molecular flexibility index (Phi) is 7.67. The first kappa shape index (κ1) is 26.0. The van der Waals surface area contributed by atoms with E-state index in [2.05, 4.69) is 31.8 Å². The number of benzene rings is 1. The molecule has 3 N–H and O–H groups in total. The Hall–Kier alpha value is -4.06. The summed E-state index contributed by atoms with van der Waals surface area (Å²) in [5, 5.41) is 12.1. The van der Waals surface area contributed by atoms with Crippen molar-refractivity contribution in [1.82, 2.24) is 25.3 Å². The highest BCUT2D eigenvalue weighted by atomic mass is 19.4. The predicted molar refractivity (Wildman–Crippen MR) is 130 cm³/mol. The molecular formula is C25H24F4N6O2. The lowest BCUT2D eigenvalue weighted by Gasteiger charge is -2.31. The molecule has 0 radical (unpaired) electrons. The number of carboxylic acids is 1. The molecule has 0 spiro atoms. The number of anilines is 1. The van der Waals surface area contributed by atoms with Gasteiger partial charge in [-0.2, -0.15) is 13.2 Å². The summed E-state index contributed by atoms with van der Waals surface area (Å²) in [4.78, 5) is 28.5. The van der Waals surface area contributed by atoms with Crippen molar-refractivity contribution in [3.8, 4) is 22.5 Å². The number of hydrogen-bond acceptors (Lipinski definition) is 6. The van der Waals surface area contributed by atoms with Crippen molar-refractivity contribution in [1.29, 1.82) is 0 Å². The van der Waals surface area contributed by atoms with Crippen LogP contribution < -0.4 is 10.2 Å². The molecule has 37 heavy (non-hydrogen) atoms. The van der Waals surface area contributed by atoms with E-state index >= 15 is 0 Å². The van der Waals surface area contributed by atoms with E-state index in [1.807, 2.05) is 0 Å². The molecular weight excluding hydrogens is 492 g/mol. The molecule has 2 aromatic heterocycles. The Balaban J connectivity index is 1.47. The highest BCUT2D eigenvalue weighted by molar-refractivity contribution is 5.74. The second-order valence-electron chi connectivity index (χ2n) is 8.48. The minimum Gasteiger partial charge on any atom is -0.480 e. The molecule has 3 heterocycles. The molecule has 1 aliphatic rings. The van der Waals surface area contributed by atoms with Crippen LogP contribution in [0.4, 0.5) is 23.5 Å². The fourth-order valence-electron chi connectivity index (χ4n) is 3.89. The van der Waals surface area contributed by atoms with Crippen molar-refractivity contribution in [2.45, 2.75) is 18.6 Å². The monoisotopic (exact) mass is 516 g/mol. The van der Waals surface area contributed by atoms with Crippen molar-refractivity contribution in [2.75, 3.05) is 24.5 Å². The number of hydrogen-bond donors (Lipinski definition) is 3. The van der Waals surface area contributed by atoms with E-state index in [0.29, 0.717) is 35.9 Å². The zero-order valence-electron chi connectivity index (χ0n) is 19.5. The topological polar surface area (TPSA) is 107 Å². The number of carboxylic acid groups (broad SMARTS) is 1. The molecule has 1 fully saturated rings. The number of aliphatic carboxylic acids is 1. The summed E-state index contributed by atoms with van der Waals surface area (Å²) >= 11 is 0. The largest absolute Gasteiger partial charge is 0.480 e. The van der Waals surface area contributed by atoms with Gasteiger partial charge in [-0.05, 0) is 30.2 Å². The number of aromatic amines is 1. The van der Waals surface area contributed by atoms with Crippen molar-refractivity contribution in [2.24, 2.45) is 5.92 Å². The second kappa shape index (κ2) is 10.9. The molecule has 1 aliphatic heterocycles. The average Bonchev–Trinajstić information content (AvgIpc) is 3.34. The number of imidazole rings is 1. The van der Waals surface area contributed by atoms with Gasteiger partial charge in [0.1, 0.15) is 17.7 Å². The van der Waals surface area contributed by atoms with Crippen molar-refractivity contribution >= 4 is 18.0 Å². The summed E-state index contributed by atoms with van der Waals surface area (Å²) < 4.78 is 54.1. The molecule has 4 rings (SSSR count). The molecule has 0 amide bonds. The maximum atomic E-state index is 14.9. The summed E-state index contributed by atoms with van der Waals surface area (Å²) in [6.45, 7) is 4.62. The molecule has 194 valence electrons. The number of piperazine rings is 1. The van der Waals surface area contributed by atoms with Gasteiger partial charge in [0.2, 0.25) is 5.95 Å². The van der Waals surface area contributed by atoms with Crippen LogP contribution in [0.2, 0.25) is 0 Å². The van der Waals surface area contributed by atoms with Crippen LogP contribution in [0.25, 0.3) is 28.6 Å². The average molecular weight is 516 g/mol. The summed E-state index contributed by atoms with van der Waals surface area (Å²) in [6, 6.07) is 3.74. The Morgan fingerprint density at radius 1 is 1.22 bits per heavy atom. The van der Waals surface area contributed by atoms with Crippen LogP contribution in [0.5, 0.6) is 0 Å². The van der Waals surface area contributed by atoms with Gasteiger partial charge in [-0.3, -0.25) is 4.79 Å². The van der Waals surface area contributed by atoms with Crippen LogP contribution in [0.1, 0.15) is 12.1 Å². The lowest BCUT2D eigenvalue weighted by Crippen LogP contribution is -2.54. The quantitative estimate of drug-likeness (QED) is 0.303. The molecule has 2 atom stereocenters. The van der Waals surface area contributed by atoms with Gasteiger partial charge in [-0.15, -0.1) is 6.58 Å². The highest BCUT2D eigenvalue weighted by Crippen LogP contribution is 2.31. The molecule has 8 nitrogen and oxygen atoms in total. The number of alkyl halides is 3. The van der Waals surface area contributed by atoms with Crippen molar-refractivity contribution in [3.63, 3.8) is 0 Å². The third-order valence-electron chi connectivity index (χ3n) is 5.90. The third-order valence-corrected chi connectivity index (χ3v) is 5.90. The number of allylic oxidation sites excluding steroid dienone is 2. The van der Waals surface area contributed by atoms with Crippen LogP contribution in [0, 0.1) is 11.7 Å². The summed E-state index contributed by atoms with van der Waals surface area (Å²) in [7, 11) is 0. The van der Waals surface area contributed by atoms with Crippen LogP contribution in [-0.2, 0) is 4.79 Å². The standard InChI is InChI=1S/C25H24F4N6O2/c1-2-3-17(25(27,28)29)5-6-18-13-31-22(34-18)19-7-4-15(10-20(19)26)16-11-32-24(33-12-16)35-9-8-30-21(14-35)23(36)37/h2,4-7,10-13,17,21,30H,1,3,8-9,14H2,(H,31,34)(H,36,37)/b6-5-. The van der Waals surface area contributed by atoms with Gasteiger partial charge in [-0.25, -0.2) is 19.3 Å². The fourth-order valence-corrected chi connectivity index (χ4v) is 3.89. The number of rotatable bonds is 8. The number of halogens is 4. The smallest absolute Gasteiger partial charge is 0.395 e. The number of aromatic nitrogens is 4. The third kappa shape index (κ3) is 6.20. The van der Waals surface area contributed by atoms with Crippen molar-refractivity contribution < 1.29 is 27.5 Å². The zero-order valence-corrected chi connectivity index (χ0v) is 19.5. The van der Waals surface area contributed by atoms with E-state index in [4.69, 9.17) is 0 Å². The second-order valence-corrected chi connectivity index (χ2v) is 8.48. The van der Waals surface area contributed by atoms with Crippen LogP contribution in [-0.4, -0.2) is 62.9 Å². The van der Waals surface area contributed by atoms with Gasteiger partial charge in [0.15, 0.2) is 0 Å². The first-order valence-corrected chi connectivity index (χ1v) is 11.4. The SMILES string of the molecule is C=CCC(/C=C\c1cnc(-c2ccc(-c3cnc(N4CCNC(C(=O)O)C4)nc3)cc2F)[nH]1)C(F)(F)F. The molecule has 0 aliphatic carbocycles. The van der Waals surface area contributed by atoms with E-state index in [9.17, 15) is 27.5 Å². The van der Waals surface area contributed by atoms with Gasteiger partial charge in [0.05, 0.1) is 23.4 Å². The molecule has 3 aromatic rings. The Labute approximate surface area is 209 Å². The normalized spacial score (nSPS) is 17.2. The van der Waals surface area contributed by atoms with Gasteiger partial charge in [0, 0.05) is 37.6 Å². The minimum absolute atomic E-state index is 0.153. The molecule has 0 bridgehead atoms. The van der Waals surface area contributed by atoms with Gasteiger partial charge in [0.25, 0.3) is 0 Å². The Morgan fingerprint density at radius 3 is 2.62 bits per heavy atom. The van der Waals surface area contributed by atoms with Gasteiger partial charge < -0.3 is 20.3 Å². The minimum atomic E-state index is -4.40. The first-order valence-electron chi connectivity index (χ1n) is 11.4. The van der Waals surface area contributed by atoms with E-state index in [1.54, 1.807) is 11.0 Å². The van der Waals surface area contributed by atoms with E-state index in [1.165, 1.54) is 42.9 Å². The number of carbonyl (C=O) groups is 1. The Bertz CT molecular complexity index is 1290. The lowest BCUT2D eigenvalue weighted by atomic mass is 10.0. The Morgan fingerprint density at radius 2 is 1.97 bits per heavy atom. The zero-order chi connectivity index (χ0) is 26.6. The van der Waals surface area contributed by atoms with Crippen LogP contribution in [0.15, 0.2) is 55.5 Å². The first-order chi connectivity index (χ1) is 17.7. The maximum absolute atomic E-state index is 14.9. The summed E-state index contributed by atoms with van der Waals surface area (Å²) in [5.74, 6) is -2.65. The summed E-state index contributed by atoms with van der Waals surface area (Å²) in [6.07, 6.45) is 3.23. The maximum Gasteiger partial charge on any atom is 0.395 e.